The third kappa shape index (κ3) is 0.959. The Labute approximate surface area is 47.8 Å². The first-order valence-corrected chi connectivity index (χ1v) is 2.36. The zero-order valence-corrected chi connectivity index (χ0v) is 4.92. The van der Waals surface area contributed by atoms with Crippen molar-refractivity contribution in [1.82, 2.24) is 10.7 Å². The van der Waals surface area contributed by atoms with Gasteiger partial charge in [-0.2, -0.15) is 15.3 Å². The van der Waals surface area contributed by atoms with Crippen LogP contribution in [0.4, 0.5) is 0 Å². The molecule has 0 aromatic rings. The van der Waals surface area contributed by atoms with Gasteiger partial charge in [0.25, 0.3) is 0 Å². The zero-order chi connectivity index (χ0) is 5.98. The van der Waals surface area contributed by atoms with Crippen molar-refractivity contribution in [3.63, 3.8) is 0 Å². The second-order valence-electron chi connectivity index (χ2n) is 1.62. The number of nitrogens with zero attached hydrogens (tertiary/aromatic N) is 3. The van der Waals surface area contributed by atoms with E-state index in [9.17, 15) is 0 Å². The summed E-state index contributed by atoms with van der Waals surface area (Å²) in [5.41, 5.74) is 3.54. The first-order valence-electron chi connectivity index (χ1n) is 2.36. The van der Waals surface area contributed by atoms with Gasteiger partial charge in [-0.15, -0.1) is 0 Å². The highest BCUT2D eigenvalue weighted by Crippen LogP contribution is 1.83. The molecule has 0 saturated heterocycles. The zero-order valence-electron chi connectivity index (χ0n) is 4.92. The lowest BCUT2D eigenvalue weighted by Crippen LogP contribution is -2.29. The molecule has 0 unspecified atom stereocenters. The van der Waals surface area contributed by atoms with Gasteiger partial charge in [0.05, 0.1) is 11.9 Å². The molecule has 0 atom stereocenters. The number of nitrogens with one attached hydrogen (secondary N) is 1. The van der Waals surface area contributed by atoms with Gasteiger partial charge < -0.3 is 0 Å². The molecule has 0 fully saturated rings. The number of hydrogen-bond donors (Lipinski definition) is 1. The van der Waals surface area contributed by atoms with Crippen LogP contribution in [-0.4, -0.2) is 24.1 Å². The Morgan fingerprint density at radius 1 is 1.75 bits per heavy atom. The van der Waals surface area contributed by atoms with E-state index in [0.717, 1.165) is 5.71 Å². The van der Waals surface area contributed by atoms with Crippen LogP contribution in [0.3, 0.4) is 0 Å². The van der Waals surface area contributed by atoms with Crippen molar-refractivity contribution in [2.75, 3.05) is 7.05 Å². The second kappa shape index (κ2) is 1.81. The van der Waals surface area contributed by atoms with Crippen LogP contribution in [0.15, 0.2) is 10.2 Å². The average Bonchev–Trinajstić information content (AvgIpc) is 1.64. The molecule has 0 aliphatic carbocycles. The van der Waals surface area contributed by atoms with Gasteiger partial charge in [0.1, 0.15) is 0 Å². The van der Waals surface area contributed by atoms with Gasteiger partial charge in [-0.25, -0.2) is 5.53 Å². The molecule has 0 bridgehead atoms. The van der Waals surface area contributed by atoms with Crippen LogP contribution in [0.1, 0.15) is 6.92 Å². The molecule has 0 aromatic heterocycles. The molecule has 1 N–H and O–H groups in total. The molecule has 0 spiro atoms. The normalized spacial score (nSPS) is 17.8. The highest BCUT2D eigenvalue weighted by atomic mass is 15.8. The Morgan fingerprint density at radius 2 is 2.50 bits per heavy atom. The molecular weight excluding hydrogens is 104 g/mol. The van der Waals surface area contributed by atoms with Crippen LogP contribution in [-0.2, 0) is 0 Å². The largest absolute Gasteiger partial charge is 0.203 e. The fourth-order valence-electron chi connectivity index (χ4n) is 0.491. The molecule has 4 heteroatoms. The first kappa shape index (κ1) is 5.08. The SMILES string of the molecule is CC1=NN(C)NN=C1. The van der Waals surface area contributed by atoms with Crippen molar-refractivity contribution in [3.05, 3.63) is 0 Å². The number of hydrazine groups is 1. The Morgan fingerprint density at radius 3 is 2.88 bits per heavy atom. The summed E-state index contributed by atoms with van der Waals surface area (Å²) in [5.74, 6) is 0. The monoisotopic (exact) mass is 112 g/mol. The number of rotatable bonds is 0. The molecule has 1 heterocycles. The number of hydrazone groups is 2. The summed E-state index contributed by atoms with van der Waals surface area (Å²) in [4.78, 5) is 0. The van der Waals surface area contributed by atoms with E-state index in [-0.39, 0.29) is 0 Å². The molecule has 1 aliphatic heterocycles. The lowest BCUT2D eigenvalue weighted by Gasteiger charge is -2.14. The van der Waals surface area contributed by atoms with E-state index in [1.54, 1.807) is 18.4 Å². The lowest BCUT2D eigenvalue weighted by atomic mass is 10.5. The highest BCUT2D eigenvalue weighted by molar-refractivity contribution is 6.29. The molecule has 4 nitrogen and oxygen atoms in total. The standard InChI is InChI=1S/C4H8N4/c1-4-3-5-7-8(2)6-4/h3,7H,1-2H3. The Kier molecular flexibility index (Phi) is 1.15. The maximum atomic E-state index is 3.97. The van der Waals surface area contributed by atoms with Crippen molar-refractivity contribution in [2.45, 2.75) is 6.92 Å². The van der Waals surface area contributed by atoms with Gasteiger partial charge in [-0.05, 0) is 6.92 Å². The Bertz CT molecular complexity index is 137. The van der Waals surface area contributed by atoms with Crippen molar-refractivity contribution < 1.29 is 0 Å². The quantitative estimate of drug-likeness (QED) is 0.471. The van der Waals surface area contributed by atoms with Crippen molar-refractivity contribution >= 4 is 11.9 Å². The van der Waals surface area contributed by atoms with E-state index in [0.29, 0.717) is 0 Å². The summed E-state index contributed by atoms with van der Waals surface area (Å²) in [7, 11) is 1.79. The predicted octanol–water partition coefficient (Wildman–Crippen LogP) is -0.202. The van der Waals surface area contributed by atoms with Crippen LogP contribution in [0.5, 0.6) is 0 Å². The van der Waals surface area contributed by atoms with Gasteiger partial charge in [0, 0.05) is 7.05 Å². The highest BCUT2D eigenvalue weighted by Gasteiger charge is 1.94. The molecule has 44 valence electrons. The molecule has 8 heavy (non-hydrogen) atoms. The molecule has 1 rings (SSSR count). The third-order valence-corrected chi connectivity index (χ3v) is 0.762. The molecule has 0 saturated carbocycles. The summed E-state index contributed by atoms with van der Waals surface area (Å²) in [6, 6.07) is 0. The van der Waals surface area contributed by atoms with Crippen molar-refractivity contribution in [2.24, 2.45) is 10.2 Å². The van der Waals surface area contributed by atoms with E-state index in [4.69, 9.17) is 0 Å². The van der Waals surface area contributed by atoms with E-state index in [1.165, 1.54) is 0 Å². The summed E-state index contributed by atoms with van der Waals surface area (Å²) in [5, 5.41) is 9.28. The van der Waals surface area contributed by atoms with E-state index in [1.807, 2.05) is 6.92 Å². The molecule has 0 aromatic carbocycles. The number of hydrogen-bond acceptors (Lipinski definition) is 4. The first-order chi connectivity index (χ1) is 3.79. The Hall–Kier alpha value is -1.06. The van der Waals surface area contributed by atoms with Crippen LogP contribution in [0.25, 0.3) is 0 Å². The maximum absolute atomic E-state index is 3.97. The minimum atomic E-state index is 0.909. The van der Waals surface area contributed by atoms with Crippen LogP contribution in [0.2, 0.25) is 0 Å². The predicted molar refractivity (Wildman–Crippen MR) is 32.5 cm³/mol. The Balaban J connectivity index is 2.63. The minimum Gasteiger partial charge on any atom is -0.203 e. The fraction of sp³-hybridized carbons (Fsp3) is 0.500. The van der Waals surface area contributed by atoms with Gasteiger partial charge >= 0.3 is 0 Å². The van der Waals surface area contributed by atoms with E-state index in [2.05, 4.69) is 15.7 Å². The van der Waals surface area contributed by atoms with Gasteiger partial charge in [0.15, 0.2) is 0 Å². The van der Waals surface area contributed by atoms with Crippen LogP contribution >= 0.6 is 0 Å². The molecule has 1 aliphatic rings. The smallest absolute Gasteiger partial charge is 0.0795 e. The molecule has 0 radical (unpaired) electrons. The van der Waals surface area contributed by atoms with Crippen LogP contribution in [0, 0.1) is 0 Å². The topological polar surface area (TPSA) is 40.0 Å². The summed E-state index contributed by atoms with van der Waals surface area (Å²) in [6.45, 7) is 1.89. The van der Waals surface area contributed by atoms with Gasteiger partial charge in [0.2, 0.25) is 0 Å². The van der Waals surface area contributed by atoms with E-state index < -0.39 is 0 Å². The van der Waals surface area contributed by atoms with Crippen molar-refractivity contribution in [1.29, 1.82) is 0 Å². The van der Waals surface area contributed by atoms with Gasteiger partial charge in [-0.3, -0.25) is 0 Å². The second-order valence-corrected chi connectivity index (χ2v) is 1.62. The molecular formula is C4H8N4. The van der Waals surface area contributed by atoms with Gasteiger partial charge in [-0.1, -0.05) is 0 Å². The lowest BCUT2D eigenvalue weighted by molar-refractivity contribution is 0.251. The average molecular weight is 112 g/mol. The maximum Gasteiger partial charge on any atom is 0.0795 e. The summed E-state index contributed by atoms with van der Waals surface area (Å²) in [6.07, 6.45) is 1.67. The third-order valence-electron chi connectivity index (χ3n) is 0.762. The summed E-state index contributed by atoms with van der Waals surface area (Å²) < 4.78 is 0. The van der Waals surface area contributed by atoms with E-state index >= 15 is 0 Å². The fourth-order valence-corrected chi connectivity index (χ4v) is 0.491. The van der Waals surface area contributed by atoms with Crippen LogP contribution < -0.4 is 5.53 Å². The molecule has 0 amide bonds. The summed E-state index contributed by atoms with van der Waals surface area (Å²) >= 11 is 0. The van der Waals surface area contributed by atoms with Crippen molar-refractivity contribution in [3.8, 4) is 0 Å². The minimum absolute atomic E-state index is 0.909.